The summed E-state index contributed by atoms with van der Waals surface area (Å²) in [6, 6.07) is 10.8. The van der Waals surface area contributed by atoms with E-state index >= 15 is 0 Å². The minimum absolute atomic E-state index is 0.0979. The Morgan fingerprint density at radius 2 is 1.96 bits per heavy atom. The maximum atomic E-state index is 12.5. The molecule has 0 fully saturated rings. The van der Waals surface area contributed by atoms with Gasteiger partial charge in [0, 0.05) is 13.2 Å². The molecular weight excluding hydrogens is 306 g/mol. The van der Waals surface area contributed by atoms with Gasteiger partial charge in [0.25, 0.3) is 11.5 Å². The van der Waals surface area contributed by atoms with Gasteiger partial charge in [0.1, 0.15) is 5.69 Å². The van der Waals surface area contributed by atoms with E-state index in [-0.39, 0.29) is 23.2 Å². The average Bonchev–Trinajstić information content (AvgIpc) is 2.59. The zero-order chi connectivity index (χ0) is 17.5. The molecular formula is C18H23N3O3. The number of benzene rings is 1. The van der Waals surface area contributed by atoms with Crippen LogP contribution in [0.3, 0.4) is 0 Å². The molecule has 0 radical (unpaired) electrons. The molecule has 6 nitrogen and oxygen atoms in total. The largest absolute Gasteiger partial charge is 0.383 e. The summed E-state index contributed by atoms with van der Waals surface area (Å²) in [6.07, 6.45) is 0.762. The minimum Gasteiger partial charge on any atom is -0.383 e. The Hall–Kier alpha value is -2.47. The van der Waals surface area contributed by atoms with Crippen LogP contribution >= 0.6 is 0 Å². The molecule has 6 heteroatoms. The van der Waals surface area contributed by atoms with Gasteiger partial charge in [-0.3, -0.25) is 9.59 Å². The summed E-state index contributed by atoms with van der Waals surface area (Å²) in [7, 11) is 1.55. The molecule has 2 rings (SSSR count). The summed E-state index contributed by atoms with van der Waals surface area (Å²) in [5.41, 5.74) is 2.18. The zero-order valence-corrected chi connectivity index (χ0v) is 14.3. The van der Waals surface area contributed by atoms with Crippen LogP contribution in [0.25, 0.3) is 0 Å². The number of carbonyl (C=O) groups is 1. The number of hydrogen-bond donors (Lipinski definition) is 1. The number of aryl methyl sites for hydroxylation is 1. The smallest absolute Gasteiger partial charge is 0.272 e. The number of nitrogens with one attached hydrogen (secondary N) is 1. The van der Waals surface area contributed by atoms with Crippen LogP contribution in [0.5, 0.6) is 0 Å². The summed E-state index contributed by atoms with van der Waals surface area (Å²) >= 11 is 0. The standard InChI is InChI=1S/C18H23N3O3/c1-4-15(14-7-5-13(2)6-8-14)19-18(23)16-9-10-17(22)21(20-16)11-12-24-3/h5-10,15H,4,11-12H2,1-3H3,(H,19,23)/t15-/m1/s1. The van der Waals surface area contributed by atoms with Crippen molar-refractivity contribution in [3.05, 3.63) is 63.6 Å². The van der Waals surface area contributed by atoms with Crippen molar-refractivity contribution < 1.29 is 9.53 Å². The fourth-order valence-electron chi connectivity index (χ4n) is 2.36. The second-order valence-corrected chi connectivity index (χ2v) is 5.62. The van der Waals surface area contributed by atoms with Gasteiger partial charge in [0.15, 0.2) is 0 Å². The molecule has 128 valence electrons. The van der Waals surface area contributed by atoms with E-state index in [0.29, 0.717) is 13.2 Å². The van der Waals surface area contributed by atoms with Crippen LogP contribution in [-0.4, -0.2) is 29.4 Å². The molecule has 0 saturated carbocycles. The third-order valence-electron chi connectivity index (χ3n) is 3.80. The van der Waals surface area contributed by atoms with Crippen molar-refractivity contribution in [1.82, 2.24) is 15.1 Å². The van der Waals surface area contributed by atoms with Crippen molar-refractivity contribution in [2.45, 2.75) is 32.9 Å². The number of rotatable bonds is 7. The lowest BCUT2D eigenvalue weighted by Crippen LogP contribution is -2.32. The summed E-state index contributed by atoms with van der Waals surface area (Å²) in [4.78, 5) is 24.2. The average molecular weight is 329 g/mol. The van der Waals surface area contributed by atoms with Gasteiger partial charge in [0.2, 0.25) is 0 Å². The number of carbonyl (C=O) groups excluding carboxylic acids is 1. The van der Waals surface area contributed by atoms with Gasteiger partial charge in [-0.05, 0) is 25.0 Å². The number of methoxy groups -OCH3 is 1. The highest BCUT2D eigenvalue weighted by atomic mass is 16.5. The molecule has 1 aromatic carbocycles. The van der Waals surface area contributed by atoms with Gasteiger partial charge >= 0.3 is 0 Å². The molecule has 0 aliphatic heterocycles. The maximum Gasteiger partial charge on any atom is 0.272 e. The quantitative estimate of drug-likeness (QED) is 0.844. The van der Waals surface area contributed by atoms with E-state index in [1.807, 2.05) is 38.1 Å². The van der Waals surface area contributed by atoms with E-state index in [1.54, 1.807) is 7.11 Å². The molecule has 1 heterocycles. The molecule has 0 bridgehead atoms. The summed E-state index contributed by atoms with van der Waals surface area (Å²) in [6.45, 7) is 4.71. The van der Waals surface area contributed by atoms with Crippen LogP contribution in [0.1, 0.15) is 41.0 Å². The van der Waals surface area contributed by atoms with Crippen LogP contribution in [0.4, 0.5) is 0 Å². The summed E-state index contributed by atoms with van der Waals surface area (Å²) < 4.78 is 6.19. The molecule has 0 unspecified atom stereocenters. The second-order valence-electron chi connectivity index (χ2n) is 5.62. The molecule has 0 aliphatic carbocycles. The van der Waals surface area contributed by atoms with Crippen LogP contribution in [0, 0.1) is 6.92 Å². The third kappa shape index (κ3) is 4.52. The maximum absolute atomic E-state index is 12.5. The van der Waals surface area contributed by atoms with Gasteiger partial charge in [0.05, 0.1) is 19.2 Å². The predicted octanol–water partition coefficient (Wildman–Crippen LogP) is 2.08. The lowest BCUT2D eigenvalue weighted by molar-refractivity contribution is 0.0927. The van der Waals surface area contributed by atoms with Gasteiger partial charge < -0.3 is 10.1 Å². The Morgan fingerprint density at radius 3 is 2.58 bits per heavy atom. The van der Waals surface area contributed by atoms with Gasteiger partial charge in [-0.25, -0.2) is 4.68 Å². The zero-order valence-electron chi connectivity index (χ0n) is 14.3. The second kappa shape index (κ2) is 8.40. The van der Waals surface area contributed by atoms with Crippen LogP contribution in [-0.2, 0) is 11.3 Å². The number of amides is 1. The Kier molecular flexibility index (Phi) is 6.26. The van der Waals surface area contributed by atoms with E-state index < -0.39 is 0 Å². The molecule has 1 atom stereocenters. The first-order chi connectivity index (χ1) is 11.5. The summed E-state index contributed by atoms with van der Waals surface area (Å²) in [5.74, 6) is -0.298. The first-order valence-corrected chi connectivity index (χ1v) is 7.99. The Bertz CT molecular complexity index is 738. The van der Waals surface area contributed by atoms with E-state index in [9.17, 15) is 9.59 Å². The highest BCUT2D eigenvalue weighted by Crippen LogP contribution is 2.17. The number of ether oxygens (including phenoxy) is 1. The highest BCUT2D eigenvalue weighted by Gasteiger charge is 2.16. The number of hydrogen-bond acceptors (Lipinski definition) is 4. The first kappa shape index (κ1) is 17.9. The predicted molar refractivity (Wildman–Crippen MR) is 92.1 cm³/mol. The fourth-order valence-corrected chi connectivity index (χ4v) is 2.36. The molecule has 0 aliphatic rings. The monoisotopic (exact) mass is 329 g/mol. The van der Waals surface area contributed by atoms with Crippen LogP contribution in [0.15, 0.2) is 41.2 Å². The van der Waals surface area contributed by atoms with Crippen molar-refractivity contribution in [2.75, 3.05) is 13.7 Å². The van der Waals surface area contributed by atoms with Crippen LogP contribution < -0.4 is 10.9 Å². The molecule has 2 aromatic rings. The van der Waals surface area contributed by atoms with Crippen molar-refractivity contribution in [3.63, 3.8) is 0 Å². The molecule has 1 amide bonds. The molecule has 1 aromatic heterocycles. The summed E-state index contributed by atoms with van der Waals surface area (Å²) in [5, 5.41) is 7.09. The third-order valence-corrected chi connectivity index (χ3v) is 3.80. The van der Waals surface area contributed by atoms with Gasteiger partial charge in [-0.2, -0.15) is 5.10 Å². The Labute approximate surface area is 141 Å². The minimum atomic E-state index is -0.298. The first-order valence-electron chi connectivity index (χ1n) is 7.99. The lowest BCUT2D eigenvalue weighted by Gasteiger charge is -2.17. The van der Waals surface area contributed by atoms with Gasteiger partial charge in [-0.15, -0.1) is 0 Å². The normalized spacial score (nSPS) is 12.0. The topological polar surface area (TPSA) is 73.2 Å². The van der Waals surface area contributed by atoms with Crippen LogP contribution in [0.2, 0.25) is 0 Å². The number of aromatic nitrogens is 2. The lowest BCUT2D eigenvalue weighted by atomic mass is 10.0. The fraction of sp³-hybridized carbons (Fsp3) is 0.389. The van der Waals surface area contributed by atoms with Crippen molar-refractivity contribution in [3.8, 4) is 0 Å². The van der Waals surface area contributed by atoms with Crippen molar-refractivity contribution >= 4 is 5.91 Å². The molecule has 1 N–H and O–H groups in total. The van der Waals surface area contributed by atoms with Gasteiger partial charge in [-0.1, -0.05) is 36.8 Å². The molecule has 0 saturated heterocycles. The van der Waals surface area contributed by atoms with E-state index in [0.717, 1.165) is 12.0 Å². The Morgan fingerprint density at radius 1 is 1.25 bits per heavy atom. The number of nitrogens with zero attached hydrogens (tertiary/aromatic N) is 2. The van der Waals surface area contributed by atoms with E-state index in [1.165, 1.54) is 22.4 Å². The van der Waals surface area contributed by atoms with Crippen molar-refractivity contribution in [1.29, 1.82) is 0 Å². The van der Waals surface area contributed by atoms with E-state index in [2.05, 4.69) is 10.4 Å². The van der Waals surface area contributed by atoms with Crippen molar-refractivity contribution in [2.24, 2.45) is 0 Å². The van der Waals surface area contributed by atoms with E-state index in [4.69, 9.17) is 4.74 Å². The molecule has 0 spiro atoms. The molecule has 24 heavy (non-hydrogen) atoms. The Balaban J connectivity index is 2.15. The highest BCUT2D eigenvalue weighted by molar-refractivity contribution is 5.92. The SMILES string of the molecule is CC[C@@H](NC(=O)c1ccc(=O)n(CCOC)n1)c1ccc(C)cc1.